The van der Waals surface area contributed by atoms with Crippen molar-refractivity contribution in [2.24, 2.45) is 11.3 Å². The number of amides is 4. The molecule has 1 aromatic carbocycles. The van der Waals surface area contributed by atoms with Gasteiger partial charge in [-0.2, -0.15) is 13.2 Å². The van der Waals surface area contributed by atoms with Crippen LogP contribution in [0.2, 0.25) is 0 Å². The Morgan fingerprint density at radius 3 is 2.52 bits per heavy atom. The molecule has 3 fully saturated rings. The van der Waals surface area contributed by atoms with Crippen LogP contribution in [0.15, 0.2) is 30.4 Å². The standard InChI is InChI=1S/C41H52F3N5O8S/c1-24-13-14-28-27(19-24)26-15-16-39(57-31(26)32(45-28)41(42,43)44)21-30-33(50)47-40(35(52)48-58(54,55)38(5)17-18-38)20-25(40)11-9-7-6-8-10-12-29(34(51)49(30)22-39)46-36(53)56-23-37(2,3)4/h9,11,13-14,19,25,29-30H,6-8,10,12,15-18,20-23H2,1-5H3,(H,46,53)(H,47,50)(H,48,52)/b11-9-/t25-,29+,30+,39-,40-/m1/s1. The second kappa shape index (κ2) is 14.7. The fraction of sp³-hybridized carbons (Fsp3) is 0.634. The van der Waals surface area contributed by atoms with Gasteiger partial charge in [-0.25, -0.2) is 18.2 Å². The summed E-state index contributed by atoms with van der Waals surface area (Å²) in [6.45, 7) is 8.74. The number of halogens is 3. The maximum absolute atomic E-state index is 14.7. The van der Waals surface area contributed by atoms with Crippen molar-refractivity contribution in [1.29, 1.82) is 0 Å². The van der Waals surface area contributed by atoms with E-state index < -0.39 is 85.3 Å². The molecule has 2 aliphatic carbocycles. The summed E-state index contributed by atoms with van der Waals surface area (Å²) in [7, 11) is -4.08. The summed E-state index contributed by atoms with van der Waals surface area (Å²) in [6.07, 6.45) is 1.51. The van der Waals surface area contributed by atoms with E-state index in [4.69, 9.17) is 9.47 Å². The first-order valence-electron chi connectivity index (χ1n) is 20.0. The van der Waals surface area contributed by atoms with E-state index in [1.165, 1.54) is 17.9 Å². The van der Waals surface area contributed by atoms with Gasteiger partial charge in [-0.3, -0.25) is 19.1 Å². The zero-order chi connectivity index (χ0) is 42.1. The third kappa shape index (κ3) is 8.24. The molecule has 1 saturated heterocycles. The highest BCUT2D eigenvalue weighted by molar-refractivity contribution is 7.91. The lowest BCUT2D eigenvalue weighted by Gasteiger charge is -2.37. The molecule has 0 radical (unpaired) electrons. The highest BCUT2D eigenvalue weighted by Gasteiger charge is 2.64. The van der Waals surface area contributed by atoms with E-state index in [1.54, 1.807) is 18.2 Å². The van der Waals surface area contributed by atoms with E-state index in [0.29, 0.717) is 49.5 Å². The van der Waals surface area contributed by atoms with Crippen molar-refractivity contribution >= 4 is 44.7 Å². The minimum atomic E-state index is -4.90. The molecule has 4 amide bonds. The Morgan fingerprint density at radius 1 is 1.09 bits per heavy atom. The maximum Gasteiger partial charge on any atom is 0.437 e. The molecule has 17 heteroatoms. The summed E-state index contributed by atoms with van der Waals surface area (Å²) in [4.78, 5) is 61.6. The first-order valence-corrected chi connectivity index (χ1v) is 21.5. The summed E-state index contributed by atoms with van der Waals surface area (Å²) in [5, 5.41) is 5.99. The monoisotopic (exact) mass is 831 g/mol. The number of aryl methyl sites for hydroxylation is 2. The van der Waals surface area contributed by atoms with Crippen LogP contribution >= 0.6 is 0 Å². The fourth-order valence-corrected chi connectivity index (χ4v) is 9.61. The van der Waals surface area contributed by atoms with Crippen LogP contribution in [-0.2, 0) is 41.7 Å². The highest BCUT2D eigenvalue weighted by atomic mass is 32.2. The number of fused-ring (bicyclic) bond motifs is 5. The van der Waals surface area contributed by atoms with Gasteiger partial charge in [-0.05, 0) is 82.8 Å². The van der Waals surface area contributed by atoms with Gasteiger partial charge in [0.1, 0.15) is 23.2 Å². The number of sulfonamides is 1. The van der Waals surface area contributed by atoms with Crippen molar-refractivity contribution in [3.05, 3.63) is 47.2 Å². The first kappa shape index (κ1) is 41.7. The Morgan fingerprint density at radius 2 is 1.83 bits per heavy atom. The lowest BCUT2D eigenvalue weighted by molar-refractivity contribution is -0.144. The number of pyridine rings is 1. The summed E-state index contributed by atoms with van der Waals surface area (Å²) >= 11 is 0. The smallest absolute Gasteiger partial charge is 0.437 e. The molecule has 3 N–H and O–H groups in total. The summed E-state index contributed by atoms with van der Waals surface area (Å²) in [5.74, 6) is -3.37. The Labute approximate surface area is 336 Å². The average molecular weight is 832 g/mol. The summed E-state index contributed by atoms with van der Waals surface area (Å²) in [6, 6.07) is 2.43. The molecule has 3 aliphatic heterocycles. The van der Waals surface area contributed by atoms with Crippen molar-refractivity contribution in [2.45, 2.75) is 139 Å². The van der Waals surface area contributed by atoms with E-state index in [9.17, 15) is 40.8 Å². The molecule has 1 spiro atoms. The van der Waals surface area contributed by atoms with E-state index in [0.717, 1.165) is 5.56 Å². The predicted octanol–water partition coefficient (Wildman–Crippen LogP) is 5.76. The van der Waals surface area contributed by atoms with Gasteiger partial charge in [-0.15, -0.1) is 0 Å². The number of benzene rings is 1. The minimum absolute atomic E-state index is 0.0567. The number of ether oxygens (including phenoxy) is 2. The Balaban J connectivity index is 1.26. The van der Waals surface area contributed by atoms with E-state index in [1.807, 2.05) is 33.8 Å². The van der Waals surface area contributed by atoms with Gasteiger partial charge in [0, 0.05) is 23.3 Å². The zero-order valence-electron chi connectivity index (χ0n) is 33.5. The van der Waals surface area contributed by atoms with Crippen molar-refractivity contribution in [1.82, 2.24) is 25.2 Å². The van der Waals surface area contributed by atoms with Crippen LogP contribution in [0.4, 0.5) is 18.0 Å². The quantitative estimate of drug-likeness (QED) is 0.317. The Bertz CT molecular complexity index is 2170. The lowest BCUT2D eigenvalue weighted by Crippen LogP contribution is -2.58. The molecule has 0 bridgehead atoms. The summed E-state index contributed by atoms with van der Waals surface area (Å²) < 4.78 is 83.5. The number of carbonyl (C=O) groups is 4. The minimum Gasteiger partial charge on any atom is -0.483 e. The Hall–Kier alpha value is -4.41. The molecule has 7 rings (SSSR count). The lowest BCUT2D eigenvalue weighted by atomic mass is 9.86. The molecule has 5 aliphatic rings. The third-order valence-corrected chi connectivity index (χ3v) is 14.3. The average Bonchev–Trinajstić information content (AvgIpc) is 4.03. The number of allylic oxidation sites excluding steroid dienone is 1. The van der Waals surface area contributed by atoms with Crippen LogP contribution in [0.25, 0.3) is 10.9 Å². The van der Waals surface area contributed by atoms with Crippen molar-refractivity contribution in [2.75, 3.05) is 13.2 Å². The number of nitrogens with one attached hydrogen (secondary N) is 3. The number of aromatic nitrogens is 1. The molecular formula is C41H52F3N5O8S. The van der Waals surface area contributed by atoms with E-state index in [2.05, 4.69) is 20.3 Å². The van der Waals surface area contributed by atoms with Crippen molar-refractivity contribution < 1.29 is 50.2 Å². The second-order valence-electron chi connectivity index (χ2n) is 18.3. The van der Waals surface area contributed by atoms with Crippen molar-refractivity contribution in [3.63, 3.8) is 0 Å². The van der Waals surface area contributed by atoms with Gasteiger partial charge >= 0.3 is 12.3 Å². The SMILES string of the molecule is Cc1ccc2nc(C(F)(F)F)c3c(c2c1)CC[C@]1(C[C@H]2C(=O)N[C@]4(C(=O)NS(=O)(=O)C5(C)CC5)C[C@H]4/C=C\CCCCC[C@H](NC(=O)OCC(C)(C)C)C(=O)N2C1)O3. The van der Waals surface area contributed by atoms with Gasteiger partial charge < -0.3 is 25.0 Å². The molecule has 58 heavy (non-hydrogen) atoms. The van der Waals surface area contributed by atoms with Crippen molar-refractivity contribution in [3.8, 4) is 5.75 Å². The molecule has 2 saturated carbocycles. The van der Waals surface area contributed by atoms with Gasteiger partial charge in [0.25, 0.3) is 5.91 Å². The summed E-state index contributed by atoms with van der Waals surface area (Å²) in [5.41, 5.74) is -3.44. The molecule has 13 nitrogen and oxygen atoms in total. The van der Waals surface area contributed by atoms with Gasteiger partial charge in [-0.1, -0.05) is 57.4 Å². The first-order chi connectivity index (χ1) is 27.1. The number of hydrogen-bond acceptors (Lipinski definition) is 9. The van der Waals surface area contributed by atoms with E-state index >= 15 is 0 Å². The molecule has 4 heterocycles. The van der Waals surface area contributed by atoms with Gasteiger partial charge in [0.15, 0.2) is 11.4 Å². The third-order valence-electron chi connectivity index (χ3n) is 12.2. The molecule has 316 valence electrons. The largest absolute Gasteiger partial charge is 0.483 e. The topological polar surface area (TPSA) is 173 Å². The van der Waals surface area contributed by atoms with Gasteiger partial charge in [0.2, 0.25) is 21.8 Å². The zero-order valence-corrected chi connectivity index (χ0v) is 34.3. The fourth-order valence-electron chi connectivity index (χ4n) is 8.30. The van der Waals surface area contributed by atoms with Crippen LogP contribution in [0.1, 0.15) is 109 Å². The molecule has 1 aromatic heterocycles. The van der Waals surface area contributed by atoms with Crippen LogP contribution in [0.5, 0.6) is 5.75 Å². The Kier molecular flexibility index (Phi) is 10.6. The molecule has 0 unspecified atom stereocenters. The molecular weight excluding hydrogens is 780 g/mol. The van der Waals surface area contributed by atoms with Crippen LogP contribution < -0.4 is 20.1 Å². The van der Waals surface area contributed by atoms with E-state index in [-0.39, 0.29) is 56.2 Å². The highest BCUT2D eigenvalue weighted by Crippen LogP contribution is 2.50. The second-order valence-corrected chi connectivity index (χ2v) is 20.5. The number of rotatable bonds is 5. The van der Waals surface area contributed by atoms with Crippen LogP contribution in [0, 0.1) is 18.3 Å². The van der Waals surface area contributed by atoms with Gasteiger partial charge in [0.05, 0.1) is 23.4 Å². The van der Waals surface area contributed by atoms with Crippen LogP contribution in [0.3, 0.4) is 0 Å². The number of alkyl carbamates (subject to hydrolysis) is 1. The number of nitrogens with zero attached hydrogens (tertiary/aromatic N) is 2. The molecule has 2 aromatic rings. The molecule has 5 atom stereocenters. The maximum atomic E-state index is 14.7. The van der Waals surface area contributed by atoms with Crippen LogP contribution in [-0.4, -0.2) is 83.2 Å². The number of alkyl halides is 3. The number of hydrogen-bond donors (Lipinski definition) is 3. The normalized spacial score (nSPS) is 29.1. The number of carbonyl (C=O) groups excluding carboxylic acids is 4. The predicted molar refractivity (Wildman–Crippen MR) is 207 cm³/mol.